The molecule has 0 fully saturated rings. The topological polar surface area (TPSA) is 49.3 Å². The van der Waals surface area contributed by atoms with Crippen molar-refractivity contribution < 1.29 is 18.7 Å². The summed E-state index contributed by atoms with van der Waals surface area (Å²) in [6, 6.07) is 8.55. The first kappa shape index (κ1) is 14.0. The maximum Gasteiger partial charge on any atom is 0.255 e. The van der Waals surface area contributed by atoms with Gasteiger partial charge in [-0.1, -0.05) is 12.1 Å². The fraction of sp³-hybridized carbons (Fsp3) is 0.133. The Bertz CT molecular complexity index is 644. The van der Waals surface area contributed by atoms with Gasteiger partial charge < -0.3 is 10.4 Å². The van der Waals surface area contributed by atoms with Crippen molar-refractivity contribution in [2.24, 2.45) is 0 Å². The Morgan fingerprint density at radius 1 is 1.15 bits per heavy atom. The van der Waals surface area contributed by atoms with E-state index >= 15 is 0 Å². The lowest BCUT2D eigenvalue weighted by Gasteiger charge is -2.15. The predicted molar refractivity (Wildman–Crippen MR) is 70.3 cm³/mol. The molecule has 0 bridgehead atoms. The molecule has 0 spiro atoms. The molecule has 3 nitrogen and oxygen atoms in total. The van der Waals surface area contributed by atoms with Crippen LogP contribution < -0.4 is 5.32 Å². The molecule has 0 aromatic heterocycles. The van der Waals surface area contributed by atoms with Gasteiger partial charge in [0.25, 0.3) is 5.91 Å². The molecule has 2 rings (SSSR count). The molecule has 2 aromatic rings. The number of phenolic OH excluding ortho intramolecular Hbond substituents is 1. The zero-order valence-electron chi connectivity index (χ0n) is 10.7. The monoisotopic (exact) mass is 277 g/mol. The Kier molecular flexibility index (Phi) is 3.98. The fourth-order valence-electron chi connectivity index (χ4n) is 1.83. The minimum absolute atomic E-state index is 0.0327. The maximum atomic E-state index is 13.1. The normalized spacial score (nSPS) is 11.9. The van der Waals surface area contributed by atoms with Crippen molar-refractivity contribution in [3.05, 3.63) is 65.2 Å². The number of phenols is 1. The van der Waals surface area contributed by atoms with Gasteiger partial charge in [0.2, 0.25) is 0 Å². The number of carbonyl (C=O) groups is 1. The number of nitrogens with one attached hydrogen (secondary N) is 1. The lowest BCUT2D eigenvalue weighted by atomic mass is 10.1. The third kappa shape index (κ3) is 3.12. The van der Waals surface area contributed by atoms with Gasteiger partial charge in [-0.15, -0.1) is 0 Å². The van der Waals surface area contributed by atoms with E-state index in [1.807, 2.05) is 0 Å². The second-order valence-electron chi connectivity index (χ2n) is 4.41. The molecule has 0 aliphatic carbocycles. The van der Waals surface area contributed by atoms with Crippen molar-refractivity contribution in [2.45, 2.75) is 13.0 Å². The molecule has 0 saturated heterocycles. The maximum absolute atomic E-state index is 13.1. The van der Waals surface area contributed by atoms with E-state index in [4.69, 9.17) is 0 Å². The largest absolute Gasteiger partial charge is 0.507 e. The second-order valence-corrected chi connectivity index (χ2v) is 4.41. The van der Waals surface area contributed by atoms with E-state index in [9.17, 15) is 18.7 Å². The van der Waals surface area contributed by atoms with Gasteiger partial charge >= 0.3 is 0 Å². The van der Waals surface area contributed by atoms with E-state index in [0.717, 1.165) is 12.1 Å². The summed E-state index contributed by atoms with van der Waals surface area (Å²) in [5, 5.41) is 12.1. The Morgan fingerprint density at radius 3 is 2.50 bits per heavy atom. The highest BCUT2D eigenvalue weighted by molar-refractivity contribution is 5.97. The standard InChI is InChI=1S/C15H13F2NO2/c1-9(10-3-2-4-11(16)7-10)18-15(20)13-6-5-12(17)8-14(13)19/h2-9,19H,1H3,(H,18,20). The van der Waals surface area contributed by atoms with Crippen LogP contribution >= 0.6 is 0 Å². The lowest BCUT2D eigenvalue weighted by molar-refractivity contribution is 0.0937. The predicted octanol–water partition coefficient (Wildman–Crippen LogP) is 3.16. The van der Waals surface area contributed by atoms with Crippen molar-refractivity contribution in [3.8, 4) is 5.75 Å². The number of rotatable bonds is 3. The highest BCUT2D eigenvalue weighted by atomic mass is 19.1. The highest BCUT2D eigenvalue weighted by Gasteiger charge is 2.15. The molecule has 1 amide bonds. The van der Waals surface area contributed by atoms with Crippen LogP contribution in [0.3, 0.4) is 0 Å². The number of halogens is 2. The number of amides is 1. The van der Waals surface area contributed by atoms with Crippen molar-refractivity contribution >= 4 is 5.91 Å². The summed E-state index contributed by atoms with van der Waals surface area (Å²) >= 11 is 0. The third-order valence-corrected chi connectivity index (χ3v) is 2.90. The number of benzene rings is 2. The number of aromatic hydroxyl groups is 1. The molecule has 104 valence electrons. The van der Waals surface area contributed by atoms with Crippen LogP contribution in [-0.2, 0) is 0 Å². The van der Waals surface area contributed by atoms with Gasteiger partial charge in [-0.05, 0) is 36.8 Å². The minimum Gasteiger partial charge on any atom is -0.507 e. The molecular formula is C15H13F2NO2. The van der Waals surface area contributed by atoms with E-state index in [1.54, 1.807) is 19.1 Å². The van der Waals surface area contributed by atoms with Crippen molar-refractivity contribution in [1.29, 1.82) is 0 Å². The Labute approximate surface area is 114 Å². The van der Waals surface area contributed by atoms with Crippen LogP contribution in [0.15, 0.2) is 42.5 Å². The second kappa shape index (κ2) is 5.69. The number of carbonyl (C=O) groups excluding carboxylic acids is 1. The molecule has 0 aliphatic heterocycles. The number of hydrogen-bond acceptors (Lipinski definition) is 2. The molecule has 5 heteroatoms. The summed E-state index contributed by atoms with van der Waals surface area (Å²) < 4.78 is 26.0. The SMILES string of the molecule is CC(NC(=O)c1ccc(F)cc1O)c1cccc(F)c1. The zero-order valence-corrected chi connectivity index (χ0v) is 10.7. The Morgan fingerprint density at radius 2 is 1.85 bits per heavy atom. The van der Waals surface area contributed by atoms with E-state index in [-0.39, 0.29) is 5.56 Å². The van der Waals surface area contributed by atoms with Crippen molar-refractivity contribution in [1.82, 2.24) is 5.32 Å². The van der Waals surface area contributed by atoms with Crippen LogP contribution in [0.25, 0.3) is 0 Å². The molecule has 0 heterocycles. The highest BCUT2D eigenvalue weighted by Crippen LogP contribution is 2.20. The van der Waals surface area contributed by atoms with Gasteiger partial charge in [-0.2, -0.15) is 0 Å². The fourth-order valence-corrected chi connectivity index (χ4v) is 1.83. The summed E-state index contributed by atoms with van der Waals surface area (Å²) in [7, 11) is 0. The van der Waals surface area contributed by atoms with E-state index < -0.39 is 29.3 Å². The summed E-state index contributed by atoms with van der Waals surface area (Å²) in [5.74, 6) is -2.02. The number of hydrogen-bond donors (Lipinski definition) is 2. The molecule has 2 N–H and O–H groups in total. The van der Waals surface area contributed by atoms with Crippen LogP contribution in [0, 0.1) is 11.6 Å². The first-order valence-electron chi connectivity index (χ1n) is 6.02. The summed E-state index contributed by atoms with van der Waals surface area (Å²) in [5.41, 5.74) is 0.564. The van der Waals surface area contributed by atoms with E-state index in [2.05, 4.69) is 5.32 Å². The van der Waals surface area contributed by atoms with Gasteiger partial charge in [0.1, 0.15) is 17.4 Å². The lowest BCUT2D eigenvalue weighted by Crippen LogP contribution is -2.26. The summed E-state index contributed by atoms with van der Waals surface area (Å²) in [6.45, 7) is 1.69. The molecule has 1 atom stereocenters. The molecule has 0 aliphatic rings. The smallest absolute Gasteiger partial charge is 0.255 e. The Hall–Kier alpha value is -2.43. The van der Waals surface area contributed by atoms with Gasteiger partial charge in [0.05, 0.1) is 11.6 Å². The van der Waals surface area contributed by atoms with Gasteiger partial charge in [-0.3, -0.25) is 4.79 Å². The molecule has 0 radical (unpaired) electrons. The molecule has 1 unspecified atom stereocenters. The van der Waals surface area contributed by atoms with Gasteiger partial charge in [0, 0.05) is 6.07 Å². The zero-order chi connectivity index (χ0) is 14.7. The van der Waals surface area contributed by atoms with E-state index in [1.165, 1.54) is 18.2 Å². The Balaban J connectivity index is 2.15. The van der Waals surface area contributed by atoms with Crippen LogP contribution in [0.1, 0.15) is 28.9 Å². The molecular weight excluding hydrogens is 264 g/mol. The first-order chi connectivity index (χ1) is 9.47. The summed E-state index contributed by atoms with van der Waals surface area (Å²) in [4.78, 5) is 12.0. The average Bonchev–Trinajstić information content (AvgIpc) is 2.38. The van der Waals surface area contributed by atoms with Crippen LogP contribution in [0.5, 0.6) is 5.75 Å². The van der Waals surface area contributed by atoms with Crippen LogP contribution in [-0.4, -0.2) is 11.0 Å². The van der Waals surface area contributed by atoms with Gasteiger partial charge in [0.15, 0.2) is 0 Å². The molecule has 20 heavy (non-hydrogen) atoms. The van der Waals surface area contributed by atoms with Crippen molar-refractivity contribution in [3.63, 3.8) is 0 Å². The molecule has 0 saturated carbocycles. The quantitative estimate of drug-likeness (QED) is 0.905. The van der Waals surface area contributed by atoms with Crippen LogP contribution in [0.4, 0.5) is 8.78 Å². The average molecular weight is 277 g/mol. The minimum atomic E-state index is -0.628. The van der Waals surface area contributed by atoms with Crippen molar-refractivity contribution in [2.75, 3.05) is 0 Å². The third-order valence-electron chi connectivity index (χ3n) is 2.90. The molecule has 2 aromatic carbocycles. The van der Waals surface area contributed by atoms with Crippen LogP contribution in [0.2, 0.25) is 0 Å². The van der Waals surface area contributed by atoms with E-state index in [0.29, 0.717) is 5.56 Å². The first-order valence-corrected chi connectivity index (χ1v) is 6.02. The van der Waals surface area contributed by atoms with Gasteiger partial charge in [-0.25, -0.2) is 8.78 Å². The summed E-state index contributed by atoms with van der Waals surface area (Å²) in [6.07, 6.45) is 0.